The Labute approximate surface area is 126 Å². The molecule has 1 fully saturated rings. The highest BCUT2D eigenvalue weighted by Crippen LogP contribution is 2.45. The second-order valence-electron chi connectivity index (χ2n) is 6.48. The molecule has 0 spiro atoms. The van der Waals surface area contributed by atoms with Gasteiger partial charge in [-0.2, -0.15) is 0 Å². The molecule has 0 bridgehead atoms. The summed E-state index contributed by atoms with van der Waals surface area (Å²) < 4.78 is 5.78. The highest BCUT2D eigenvalue weighted by Gasteiger charge is 2.49. The first-order valence-corrected chi connectivity index (χ1v) is 7.61. The van der Waals surface area contributed by atoms with Gasteiger partial charge >= 0.3 is 0 Å². The summed E-state index contributed by atoms with van der Waals surface area (Å²) in [7, 11) is 0. The SMILES string of the molecule is CCOC1CC(Nc2ncnc(NN)c2C(C)C)C1(C)C. The van der Waals surface area contributed by atoms with Gasteiger partial charge in [0.15, 0.2) is 0 Å². The van der Waals surface area contributed by atoms with E-state index in [2.05, 4.69) is 48.4 Å². The Morgan fingerprint density at radius 2 is 2.05 bits per heavy atom. The molecule has 2 unspecified atom stereocenters. The molecule has 1 aliphatic rings. The zero-order valence-corrected chi connectivity index (χ0v) is 13.6. The standard InChI is InChI=1S/C15H27N5O/c1-6-21-11-7-10(15(11,4)5)19-13-12(9(2)3)14(20-16)18-8-17-13/h8-11H,6-7,16H2,1-5H3,(H2,17,18,19,20). The molecule has 2 rings (SSSR count). The van der Waals surface area contributed by atoms with Crippen LogP contribution in [0.2, 0.25) is 0 Å². The number of nitrogens with one attached hydrogen (secondary N) is 2. The highest BCUT2D eigenvalue weighted by molar-refractivity contribution is 5.59. The van der Waals surface area contributed by atoms with Crippen molar-refractivity contribution < 1.29 is 4.74 Å². The number of aromatic nitrogens is 2. The molecule has 6 heteroatoms. The van der Waals surface area contributed by atoms with E-state index in [0.29, 0.717) is 18.0 Å². The smallest absolute Gasteiger partial charge is 0.148 e. The lowest BCUT2D eigenvalue weighted by atomic mass is 9.64. The fourth-order valence-electron chi connectivity index (χ4n) is 2.95. The van der Waals surface area contributed by atoms with Crippen LogP contribution in [0.4, 0.5) is 11.6 Å². The fraction of sp³-hybridized carbons (Fsp3) is 0.733. The third kappa shape index (κ3) is 2.96. The summed E-state index contributed by atoms with van der Waals surface area (Å²) in [5, 5.41) is 3.56. The molecule has 2 atom stereocenters. The maximum Gasteiger partial charge on any atom is 0.148 e. The van der Waals surface area contributed by atoms with Crippen molar-refractivity contribution in [3.8, 4) is 0 Å². The van der Waals surface area contributed by atoms with Gasteiger partial charge in [0.1, 0.15) is 18.0 Å². The quantitative estimate of drug-likeness (QED) is 0.552. The Morgan fingerprint density at radius 3 is 2.57 bits per heavy atom. The number of ether oxygens (including phenoxy) is 1. The molecule has 0 aromatic carbocycles. The van der Waals surface area contributed by atoms with Gasteiger partial charge in [0, 0.05) is 23.6 Å². The molecule has 1 aliphatic carbocycles. The predicted molar refractivity (Wildman–Crippen MR) is 85.2 cm³/mol. The predicted octanol–water partition coefficient (Wildman–Crippen LogP) is 2.50. The zero-order valence-electron chi connectivity index (χ0n) is 13.6. The van der Waals surface area contributed by atoms with Crippen LogP contribution >= 0.6 is 0 Å². The van der Waals surface area contributed by atoms with Crippen LogP contribution in [0.3, 0.4) is 0 Å². The van der Waals surface area contributed by atoms with Gasteiger partial charge in [0.2, 0.25) is 0 Å². The summed E-state index contributed by atoms with van der Waals surface area (Å²) in [6, 6.07) is 0.340. The largest absolute Gasteiger partial charge is 0.378 e. The second-order valence-corrected chi connectivity index (χ2v) is 6.48. The summed E-state index contributed by atoms with van der Waals surface area (Å²) in [4.78, 5) is 8.61. The third-order valence-electron chi connectivity index (χ3n) is 4.45. The maximum atomic E-state index is 5.78. The Morgan fingerprint density at radius 1 is 1.38 bits per heavy atom. The van der Waals surface area contributed by atoms with E-state index >= 15 is 0 Å². The number of hydrogen-bond acceptors (Lipinski definition) is 6. The van der Waals surface area contributed by atoms with E-state index in [-0.39, 0.29) is 11.3 Å². The summed E-state index contributed by atoms with van der Waals surface area (Å²) >= 11 is 0. The summed E-state index contributed by atoms with van der Waals surface area (Å²) in [5.74, 6) is 7.39. The van der Waals surface area contributed by atoms with E-state index in [9.17, 15) is 0 Å². The maximum absolute atomic E-state index is 5.78. The van der Waals surface area contributed by atoms with Crippen molar-refractivity contribution in [3.63, 3.8) is 0 Å². The van der Waals surface area contributed by atoms with Crippen molar-refractivity contribution in [1.82, 2.24) is 9.97 Å². The van der Waals surface area contributed by atoms with Crippen molar-refractivity contribution in [2.45, 2.75) is 59.1 Å². The minimum Gasteiger partial charge on any atom is -0.378 e. The first-order chi connectivity index (χ1) is 9.91. The van der Waals surface area contributed by atoms with Crippen molar-refractivity contribution in [1.29, 1.82) is 0 Å². The molecule has 4 N–H and O–H groups in total. The van der Waals surface area contributed by atoms with Gasteiger partial charge in [-0.3, -0.25) is 0 Å². The van der Waals surface area contributed by atoms with Crippen molar-refractivity contribution in [2.75, 3.05) is 17.3 Å². The lowest BCUT2D eigenvalue weighted by molar-refractivity contribution is -0.0976. The number of nitrogens with two attached hydrogens (primary N) is 1. The van der Waals surface area contributed by atoms with E-state index in [4.69, 9.17) is 10.6 Å². The van der Waals surface area contributed by atoms with E-state index < -0.39 is 0 Å². The van der Waals surface area contributed by atoms with E-state index in [1.807, 2.05) is 6.92 Å². The number of hydrogen-bond donors (Lipinski definition) is 3. The van der Waals surface area contributed by atoms with Crippen LogP contribution in [-0.2, 0) is 4.74 Å². The first kappa shape index (κ1) is 16.0. The van der Waals surface area contributed by atoms with E-state index in [1.165, 1.54) is 6.33 Å². The molecule has 6 nitrogen and oxygen atoms in total. The van der Waals surface area contributed by atoms with Gasteiger partial charge < -0.3 is 15.5 Å². The molecule has 0 radical (unpaired) electrons. The van der Waals surface area contributed by atoms with Gasteiger partial charge in [-0.1, -0.05) is 27.7 Å². The van der Waals surface area contributed by atoms with Crippen LogP contribution in [0.5, 0.6) is 0 Å². The van der Waals surface area contributed by atoms with Crippen LogP contribution in [0, 0.1) is 5.41 Å². The summed E-state index contributed by atoms with van der Waals surface area (Å²) in [6.07, 6.45) is 2.83. The van der Waals surface area contributed by atoms with Gasteiger partial charge in [-0.15, -0.1) is 0 Å². The Balaban J connectivity index is 2.18. The Hall–Kier alpha value is -1.40. The first-order valence-electron chi connectivity index (χ1n) is 7.61. The summed E-state index contributed by atoms with van der Waals surface area (Å²) in [6.45, 7) is 11.5. The molecular formula is C15H27N5O. The number of nitrogen functional groups attached to an aromatic ring is 1. The molecule has 1 aromatic heterocycles. The average Bonchev–Trinajstić information content (AvgIpc) is 2.45. The lowest BCUT2D eigenvalue weighted by Crippen LogP contribution is -2.58. The minimum atomic E-state index is 0.0888. The summed E-state index contributed by atoms with van der Waals surface area (Å²) in [5.41, 5.74) is 3.77. The molecular weight excluding hydrogens is 266 g/mol. The molecule has 0 amide bonds. The molecule has 0 saturated heterocycles. The van der Waals surface area contributed by atoms with Crippen LogP contribution < -0.4 is 16.6 Å². The molecule has 21 heavy (non-hydrogen) atoms. The van der Waals surface area contributed by atoms with Crippen LogP contribution in [0.25, 0.3) is 0 Å². The van der Waals surface area contributed by atoms with Crippen LogP contribution in [-0.4, -0.2) is 28.7 Å². The topological polar surface area (TPSA) is 85.1 Å². The van der Waals surface area contributed by atoms with E-state index in [1.54, 1.807) is 0 Å². The number of hydrazine groups is 1. The molecule has 1 aromatic rings. The van der Waals surface area contributed by atoms with Gasteiger partial charge in [0.25, 0.3) is 0 Å². The van der Waals surface area contributed by atoms with Gasteiger partial charge in [-0.25, -0.2) is 15.8 Å². The highest BCUT2D eigenvalue weighted by atomic mass is 16.5. The average molecular weight is 293 g/mol. The fourth-order valence-corrected chi connectivity index (χ4v) is 2.95. The van der Waals surface area contributed by atoms with Gasteiger partial charge in [0.05, 0.1) is 6.10 Å². The third-order valence-corrected chi connectivity index (χ3v) is 4.45. The zero-order chi connectivity index (χ0) is 15.6. The van der Waals surface area contributed by atoms with Crippen molar-refractivity contribution in [3.05, 3.63) is 11.9 Å². The van der Waals surface area contributed by atoms with E-state index in [0.717, 1.165) is 24.4 Å². The van der Waals surface area contributed by atoms with Crippen LogP contribution in [0.15, 0.2) is 6.33 Å². The Bertz CT molecular complexity index is 489. The monoisotopic (exact) mass is 293 g/mol. The molecule has 1 heterocycles. The molecule has 0 aliphatic heterocycles. The number of anilines is 2. The molecule has 118 valence electrons. The minimum absolute atomic E-state index is 0.0888. The van der Waals surface area contributed by atoms with Crippen molar-refractivity contribution >= 4 is 11.6 Å². The normalized spacial score (nSPS) is 23.8. The lowest BCUT2D eigenvalue weighted by Gasteiger charge is -2.52. The number of nitrogens with zero attached hydrogens (tertiary/aromatic N) is 2. The van der Waals surface area contributed by atoms with Gasteiger partial charge in [-0.05, 0) is 19.3 Å². The number of rotatable bonds is 6. The van der Waals surface area contributed by atoms with Crippen molar-refractivity contribution in [2.24, 2.45) is 11.3 Å². The van der Waals surface area contributed by atoms with Crippen LogP contribution in [0.1, 0.15) is 52.5 Å². The second kappa shape index (κ2) is 6.15. The molecule has 1 saturated carbocycles. The Kier molecular flexibility index (Phi) is 4.68.